The molecule has 0 aliphatic carbocycles. The zero-order valence-corrected chi connectivity index (χ0v) is 63.2. The Labute approximate surface area is 621 Å². The minimum absolute atomic E-state index is 0. The molecule has 13 aromatic rings. The third-order valence-corrected chi connectivity index (χ3v) is 17.9. The first kappa shape index (κ1) is 76.0. The fraction of sp³-hybridized carbons (Fsp3) is 0.202. The monoisotopic (exact) mass is 1520 g/mol. The number of aromatic nitrogens is 3. The molecule has 3 heterocycles. The number of aryl methyl sites for hydroxylation is 7. The van der Waals surface area contributed by atoms with Crippen molar-refractivity contribution in [3.05, 3.63) is 331 Å². The fourth-order valence-corrected chi connectivity index (χ4v) is 12.9. The van der Waals surface area contributed by atoms with Crippen molar-refractivity contribution < 1.29 is 34.3 Å². The van der Waals surface area contributed by atoms with E-state index in [0.717, 1.165) is 109 Å². The van der Waals surface area contributed by atoms with E-state index in [1.165, 1.54) is 99.8 Å². The Balaban J connectivity index is 0.000000188. The van der Waals surface area contributed by atoms with Gasteiger partial charge >= 0.3 is 20.1 Å². The molecule has 0 aliphatic heterocycles. The predicted octanol–water partition coefficient (Wildman–Crippen LogP) is 22.2. The molecule has 0 aliphatic rings. The van der Waals surface area contributed by atoms with E-state index in [2.05, 4.69) is 248 Å². The molecule has 514 valence electrons. The van der Waals surface area contributed by atoms with E-state index >= 15 is 0 Å². The van der Waals surface area contributed by atoms with Crippen LogP contribution in [0.25, 0.3) is 78.3 Å². The number of hydrogen-bond acceptors (Lipinski definition) is 6. The van der Waals surface area contributed by atoms with Gasteiger partial charge in [0.05, 0.1) is 19.8 Å². The van der Waals surface area contributed by atoms with Crippen molar-refractivity contribution in [3.8, 4) is 95.5 Å². The summed E-state index contributed by atoms with van der Waals surface area (Å²) in [5, 5.41) is 0. The molecule has 13 rings (SSSR count). The van der Waals surface area contributed by atoms with Crippen molar-refractivity contribution in [1.29, 1.82) is 0 Å². The van der Waals surface area contributed by atoms with E-state index in [4.69, 9.17) is 14.2 Å². The summed E-state index contributed by atoms with van der Waals surface area (Å²) in [4.78, 5) is 12.9. The van der Waals surface area contributed by atoms with Crippen molar-refractivity contribution in [2.24, 2.45) is 0 Å². The van der Waals surface area contributed by atoms with Crippen molar-refractivity contribution in [1.82, 2.24) is 15.0 Å². The Morgan fingerprint density at radius 3 is 0.833 bits per heavy atom. The maximum Gasteiger partial charge on any atom is 3.00 e. The fourth-order valence-electron chi connectivity index (χ4n) is 12.9. The molecule has 0 spiro atoms. The summed E-state index contributed by atoms with van der Waals surface area (Å²) in [7, 11) is 0. The largest absolute Gasteiger partial charge is 3.00 e. The standard InChI is InChI=1S/C49H45B.3C15H16NO.Ir/c1-32-26-33(2)47(34(3)27-32)50(48-35(4)28-45(29-36(48)5)43-22-18-41(19-23-43)39-14-10-8-11-15-39)49-37(6)30-46(31-38(49)7)44-24-20-42(21-25-44)40-16-12-9-13-17-40;3*1-2-3-11-17-14-8-6-7-13(12-14)15-9-4-5-10-16-15;/h8-31H,1-7H3;3*4-6,8-10,12H,2-3,11H2,1H3;/q;3*-1;+3. The second kappa shape index (κ2) is 39.1. The summed E-state index contributed by atoms with van der Waals surface area (Å²) in [6.07, 6.45) is 12.0. The molecule has 0 unspecified atom stereocenters. The summed E-state index contributed by atoms with van der Waals surface area (Å²) in [6.45, 7) is 24.9. The van der Waals surface area contributed by atoms with Crippen LogP contribution in [0.5, 0.6) is 17.2 Å². The van der Waals surface area contributed by atoms with Gasteiger partial charge in [0.1, 0.15) is 0 Å². The zero-order valence-electron chi connectivity index (χ0n) is 60.8. The van der Waals surface area contributed by atoms with Crippen LogP contribution in [0.3, 0.4) is 0 Å². The Morgan fingerprint density at radius 2 is 0.559 bits per heavy atom. The number of pyridine rings is 3. The van der Waals surface area contributed by atoms with Crippen LogP contribution < -0.4 is 30.6 Å². The summed E-state index contributed by atoms with van der Waals surface area (Å²) >= 11 is 0. The Kier molecular flexibility index (Phi) is 29.1. The average Bonchev–Trinajstić information content (AvgIpc) is 0.749. The number of ether oxygens (including phenoxy) is 3. The van der Waals surface area contributed by atoms with E-state index in [1.54, 1.807) is 18.6 Å². The van der Waals surface area contributed by atoms with Gasteiger partial charge in [0.25, 0.3) is 0 Å². The summed E-state index contributed by atoms with van der Waals surface area (Å²) in [5.74, 6) is 2.66. The van der Waals surface area contributed by atoms with Crippen LogP contribution in [0.2, 0.25) is 0 Å². The number of unbranched alkanes of at least 4 members (excludes halogenated alkanes) is 3. The van der Waals surface area contributed by atoms with Crippen LogP contribution in [-0.4, -0.2) is 41.5 Å². The first-order valence-electron chi connectivity index (χ1n) is 35.7. The minimum atomic E-state index is 0. The summed E-state index contributed by atoms with van der Waals surface area (Å²) in [5.41, 5.74) is 29.3. The number of hydrogen-bond donors (Lipinski definition) is 0. The Hall–Kier alpha value is -10.2. The topological polar surface area (TPSA) is 66.4 Å². The smallest absolute Gasteiger partial charge is 0.513 e. The number of nitrogens with zero attached hydrogens (tertiary/aromatic N) is 3. The summed E-state index contributed by atoms with van der Waals surface area (Å²) < 4.78 is 17.0. The molecule has 0 amide bonds. The quantitative estimate of drug-likeness (QED) is 0.0383. The molecular formula is C94H93BIrN3O3. The first-order valence-corrected chi connectivity index (χ1v) is 35.7. The normalized spacial score (nSPS) is 10.5. The van der Waals surface area contributed by atoms with Gasteiger partial charge in [-0.25, -0.2) is 0 Å². The Bertz CT molecular complexity index is 4270. The van der Waals surface area contributed by atoms with Crippen molar-refractivity contribution in [3.63, 3.8) is 0 Å². The molecule has 10 aromatic carbocycles. The van der Waals surface area contributed by atoms with Gasteiger partial charge in [0, 0.05) is 35.8 Å². The van der Waals surface area contributed by atoms with Crippen LogP contribution in [0.15, 0.2) is 273 Å². The van der Waals surface area contributed by atoms with Crippen LogP contribution in [0, 0.1) is 66.7 Å². The average molecular weight is 1520 g/mol. The third kappa shape index (κ3) is 21.2. The molecule has 8 heteroatoms. The van der Waals surface area contributed by atoms with Gasteiger partial charge in [-0.2, -0.15) is 0 Å². The molecule has 0 fully saturated rings. The molecule has 0 N–H and O–H groups in total. The molecule has 3 aromatic heterocycles. The zero-order chi connectivity index (χ0) is 70.7. The molecule has 0 saturated carbocycles. The maximum atomic E-state index is 5.66. The van der Waals surface area contributed by atoms with Gasteiger partial charge in [0.2, 0.25) is 6.71 Å². The first-order chi connectivity index (χ1) is 49.4. The van der Waals surface area contributed by atoms with Crippen LogP contribution >= 0.6 is 0 Å². The number of benzene rings is 10. The van der Waals surface area contributed by atoms with Gasteiger partial charge in [-0.05, 0) is 148 Å². The van der Waals surface area contributed by atoms with Crippen molar-refractivity contribution in [2.45, 2.75) is 108 Å². The van der Waals surface area contributed by atoms with Gasteiger partial charge in [-0.1, -0.05) is 277 Å². The molecule has 102 heavy (non-hydrogen) atoms. The molecule has 0 saturated heterocycles. The minimum Gasteiger partial charge on any atom is -0.513 e. The van der Waals surface area contributed by atoms with E-state index in [1.807, 2.05) is 109 Å². The van der Waals surface area contributed by atoms with E-state index in [-0.39, 0.29) is 26.8 Å². The van der Waals surface area contributed by atoms with Crippen molar-refractivity contribution in [2.75, 3.05) is 19.8 Å². The van der Waals surface area contributed by atoms with Gasteiger partial charge in [-0.3, -0.25) is 0 Å². The predicted molar refractivity (Wildman–Crippen MR) is 426 cm³/mol. The molecule has 0 radical (unpaired) electrons. The van der Waals surface area contributed by atoms with E-state index in [0.29, 0.717) is 0 Å². The number of rotatable bonds is 22. The Morgan fingerprint density at radius 1 is 0.294 bits per heavy atom. The van der Waals surface area contributed by atoms with Gasteiger partial charge in [0.15, 0.2) is 0 Å². The van der Waals surface area contributed by atoms with Gasteiger partial charge in [-0.15, -0.1) is 89.5 Å². The van der Waals surface area contributed by atoms with Crippen LogP contribution in [0.1, 0.15) is 98.2 Å². The second-order valence-electron chi connectivity index (χ2n) is 25.7. The molecule has 0 atom stereocenters. The van der Waals surface area contributed by atoms with E-state index in [9.17, 15) is 0 Å². The molecule has 0 bridgehead atoms. The third-order valence-electron chi connectivity index (χ3n) is 17.9. The second-order valence-corrected chi connectivity index (χ2v) is 25.7. The molecular weight excluding hydrogens is 1420 g/mol. The molecule has 6 nitrogen and oxygen atoms in total. The van der Waals surface area contributed by atoms with Gasteiger partial charge < -0.3 is 29.2 Å². The summed E-state index contributed by atoms with van der Waals surface area (Å²) in [6, 6.07) is 98.1. The van der Waals surface area contributed by atoms with Crippen LogP contribution in [0.4, 0.5) is 0 Å². The SMILES string of the molecule is CCCCOc1cc[c-]c(-c2ccccn2)c1.CCCCOc1cc[c-]c(-c2ccccn2)c1.CCCCOc1cc[c-]c(-c2ccccn2)c1.Cc1cc(C)c(B(c2c(C)cc(-c3ccc(-c4ccccc4)cc3)cc2C)c2c(C)cc(-c3ccc(-c4ccccc4)cc3)cc2C)c(C)c1.[Ir+3]. The maximum absolute atomic E-state index is 5.66. The van der Waals surface area contributed by atoms with E-state index < -0.39 is 0 Å². The van der Waals surface area contributed by atoms with Crippen molar-refractivity contribution >= 4 is 23.1 Å². The van der Waals surface area contributed by atoms with Crippen LogP contribution in [-0.2, 0) is 20.1 Å².